The summed E-state index contributed by atoms with van der Waals surface area (Å²) in [6.45, 7) is 9.61. The molecule has 0 aliphatic heterocycles. The van der Waals surface area contributed by atoms with Crippen molar-refractivity contribution < 1.29 is 0 Å². The lowest BCUT2D eigenvalue weighted by molar-refractivity contribution is 0.660. The van der Waals surface area contributed by atoms with E-state index in [1.807, 2.05) is 11.3 Å². The Kier molecular flexibility index (Phi) is 4.54. The van der Waals surface area contributed by atoms with Crippen molar-refractivity contribution in [3.63, 3.8) is 0 Å². The highest BCUT2D eigenvalue weighted by atomic mass is 32.1. The van der Waals surface area contributed by atoms with E-state index in [4.69, 9.17) is 0 Å². The molecular weight excluding hydrogens is 551 g/mol. The van der Waals surface area contributed by atoms with Crippen LogP contribution in [0.1, 0.15) is 49.9 Å². The predicted octanol–water partition coefficient (Wildman–Crippen LogP) is 11.8. The van der Waals surface area contributed by atoms with E-state index in [1.54, 1.807) is 0 Å². The third-order valence-corrected chi connectivity index (χ3v) is 11.9. The molecule has 2 aliphatic carbocycles. The van der Waals surface area contributed by atoms with Gasteiger partial charge in [0.05, 0.1) is 11.0 Å². The van der Waals surface area contributed by atoms with Gasteiger partial charge in [0.2, 0.25) is 0 Å². The first-order valence-corrected chi connectivity index (χ1v) is 16.4. The van der Waals surface area contributed by atoms with Crippen LogP contribution in [0.2, 0.25) is 0 Å². The van der Waals surface area contributed by atoms with Gasteiger partial charge >= 0.3 is 0 Å². The third kappa shape index (κ3) is 2.82. The van der Waals surface area contributed by atoms with E-state index in [0.29, 0.717) is 0 Å². The van der Waals surface area contributed by atoms with Crippen LogP contribution in [0.15, 0.2) is 115 Å². The summed E-state index contributed by atoms with van der Waals surface area (Å²) in [5.41, 5.74) is 14.9. The SMILES string of the molecule is CC1(C)c2ccccc2-c2ccc(-n3c4ccccc4c4c5c(sc6ccccc65)c5c(c43)-c3ccccc3C5(C)C)cc21. The highest BCUT2D eigenvalue weighted by molar-refractivity contribution is 7.26. The molecule has 0 saturated heterocycles. The van der Waals surface area contributed by atoms with Gasteiger partial charge in [0.15, 0.2) is 0 Å². The maximum Gasteiger partial charge on any atom is 0.0629 e. The summed E-state index contributed by atoms with van der Waals surface area (Å²) in [5.74, 6) is 0. The van der Waals surface area contributed by atoms with E-state index in [2.05, 4.69) is 148 Å². The lowest BCUT2D eigenvalue weighted by atomic mass is 9.81. The van der Waals surface area contributed by atoms with Crippen LogP contribution >= 0.6 is 11.3 Å². The zero-order chi connectivity index (χ0) is 29.5. The molecule has 6 aromatic carbocycles. The second kappa shape index (κ2) is 8.08. The van der Waals surface area contributed by atoms with Crippen molar-refractivity contribution in [1.82, 2.24) is 4.57 Å². The maximum atomic E-state index is 2.59. The van der Waals surface area contributed by atoms with Gasteiger partial charge in [-0.2, -0.15) is 0 Å². The molecule has 8 aromatic rings. The van der Waals surface area contributed by atoms with Gasteiger partial charge in [-0.15, -0.1) is 11.3 Å². The van der Waals surface area contributed by atoms with Crippen molar-refractivity contribution in [3.8, 4) is 27.9 Å². The Morgan fingerprint density at radius 1 is 0.545 bits per heavy atom. The molecule has 0 saturated carbocycles. The largest absolute Gasteiger partial charge is 0.309 e. The number of nitrogens with zero attached hydrogens (tertiary/aromatic N) is 1. The Balaban J connectivity index is 1.44. The standard InChI is InChI=1S/C42H31NS/c1-41(2)30-17-9-5-13-25(30)26-22-21-24(23-32(26)41)43-33-19-11-7-15-28(33)35-36-29-16-8-12-20-34(29)44-40(36)38-37(39(35)43)27-14-6-10-18-31(27)42(38,3)4/h5-23H,1-4H3. The molecule has 2 heterocycles. The first kappa shape index (κ1) is 24.7. The van der Waals surface area contributed by atoms with Crippen molar-refractivity contribution in [2.75, 3.05) is 0 Å². The van der Waals surface area contributed by atoms with Crippen LogP contribution in [-0.2, 0) is 10.8 Å². The van der Waals surface area contributed by atoms with Gasteiger partial charge in [-0.25, -0.2) is 0 Å². The van der Waals surface area contributed by atoms with Crippen molar-refractivity contribution in [2.45, 2.75) is 38.5 Å². The van der Waals surface area contributed by atoms with Crippen molar-refractivity contribution in [3.05, 3.63) is 138 Å². The van der Waals surface area contributed by atoms with Crippen LogP contribution in [0.3, 0.4) is 0 Å². The minimum absolute atomic E-state index is 0.0614. The van der Waals surface area contributed by atoms with Gasteiger partial charge < -0.3 is 4.57 Å². The Hall–Kier alpha value is -4.66. The molecule has 0 atom stereocenters. The molecular formula is C42H31NS. The lowest BCUT2D eigenvalue weighted by Crippen LogP contribution is -2.15. The van der Waals surface area contributed by atoms with Gasteiger partial charge in [0, 0.05) is 53.0 Å². The molecule has 2 heteroatoms. The fraction of sp³-hybridized carbons (Fsp3) is 0.143. The minimum Gasteiger partial charge on any atom is -0.309 e. The molecule has 0 bridgehead atoms. The summed E-state index contributed by atoms with van der Waals surface area (Å²) in [5, 5.41) is 5.47. The molecule has 0 radical (unpaired) electrons. The number of fused-ring (bicyclic) bond motifs is 15. The molecule has 1 nitrogen and oxygen atoms in total. The maximum absolute atomic E-state index is 2.59. The molecule has 0 fully saturated rings. The van der Waals surface area contributed by atoms with Crippen molar-refractivity contribution in [2.24, 2.45) is 0 Å². The number of thiophene rings is 1. The van der Waals surface area contributed by atoms with Gasteiger partial charge in [-0.05, 0) is 63.2 Å². The zero-order valence-corrected chi connectivity index (χ0v) is 26.1. The van der Waals surface area contributed by atoms with E-state index in [-0.39, 0.29) is 10.8 Å². The van der Waals surface area contributed by atoms with Gasteiger partial charge in [0.25, 0.3) is 0 Å². The molecule has 0 unspecified atom stereocenters. The molecule has 0 N–H and O–H groups in total. The molecule has 44 heavy (non-hydrogen) atoms. The van der Waals surface area contributed by atoms with Crippen LogP contribution in [0, 0.1) is 0 Å². The summed E-state index contributed by atoms with van der Waals surface area (Å²) in [7, 11) is 0. The monoisotopic (exact) mass is 581 g/mol. The molecule has 210 valence electrons. The van der Waals surface area contributed by atoms with E-state index in [0.717, 1.165) is 0 Å². The second-order valence-electron chi connectivity index (χ2n) is 13.7. The van der Waals surface area contributed by atoms with E-state index in [1.165, 1.54) is 92.2 Å². The number of rotatable bonds is 1. The average Bonchev–Trinajstić information content (AvgIpc) is 3.72. The Labute approximate surface area is 261 Å². The topological polar surface area (TPSA) is 4.93 Å². The lowest BCUT2D eigenvalue weighted by Gasteiger charge is -2.23. The Bertz CT molecular complexity index is 2550. The summed E-state index contributed by atoms with van der Waals surface area (Å²) in [6.07, 6.45) is 0. The molecule has 0 spiro atoms. The van der Waals surface area contributed by atoms with Crippen LogP contribution in [-0.4, -0.2) is 4.57 Å². The highest BCUT2D eigenvalue weighted by Crippen LogP contribution is 2.59. The van der Waals surface area contributed by atoms with Gasteiger partial charge in [-0.1, -0.05) is 119 Å². The van der Waals surface area contributed by atoms with Crippen LogP contribution < -0.4 is 0 Å². The number of hydrogen-bond donors (Lipinski definition) is 0. The van der Waals surface area contributed by atoms with E-state index in [9.17, 15) is 0 Å². The molecule has 10 rings (SSSR count). The Morgan fingerprint density at radius 3 is 2.00 bits per heavy atom. The number of aromatic nitrogens is 1. The average molecular weight is 582 g/mol. The summed E-state index contributed by atoms with van der Waals surface area (Å²) >= 11 is 1.97. The molecule has 0 amide bonds. The smallest absolute Gasteiger partial charge is 0.0629 e. The van der Waals surface area contributed by atoms with Crippen molar-refractivity contribution >= 4 is 53.3 Å². The first-order valence-electron chi connectivity index (χ1n) is 15.6. The minimum atomic E-state index is -0.109. The first-order chi connectivity index (χ1) is 21.4. The Morgan fingerprint density at radius 2 is 1.18 bits per heavy atom. The number of hydrogen-bond acceptors (Lipinski definition) is 1. The van der Waals surface area contributed by atoms with Gasteiger partial charge in [-0.3, -0.25) is 0 Å². The number of para-hydroxylation sites is 1. The van der Waals surface area contributed by atoms with Crippen LogP contribution in [0.4, 0.5) is 0 Å². The zero-order valence-electron chi connectivity index (χ0n) is 25.3. The molecule has 2 aromatic heterocycles. The fourth-order valence-electron chi connectivity index (χ4n) is 8.77. The quantitative estimate of drug-likeness (QED) is 0.182. The highest BCUT2D eigenvalue weighted by Gasteiger charge is 2.41. The van der Waals surface area contributed by atoms with Crippen molar-refractivity contribution in [1.29, 1.82) is 0 Å². The summed E-state index contributed by atoms with van der Waals surface area (Å²) in [6, 6.07) is 43.4. The summed E-state index contributed by atoms with van der Waals surface area (Å²) < 4.78 is 5.38. The fourth-order valence-corrected chi connectivity index (χ4v) is 10.2. The van der Waals surface area contributed by atoms with E-state index < -0.39 is 0 Å². The summed E-state index contributed by atoms with van der Waals surface area (Å²) in [4.78, 5) is 0. The number of benzene rings is 6. The second-order valence-corrected chi connectivity index (χ2v) is 14.8. The van der Waals surface area contributed by atoms with Crippen LogP contribution in [0.25, 0.3) is 69.9 Å². The molecule has 2 aliphatic rings. The third-order valence-electron chi connectivity index (χ3n) is 10.8. The van der Waals surface area contributed by atoms with Gasteiger partial charge in [0.1, 0.15) is 0 Å². The van der Waals surface area contributed by atoms with Crippen LogP contribution in [0.5, 0.6) is 0 Å². The normalized spacial score (nSPS) is 15.6. The predicted molar refractivity (Wildman–Crippen MR) is 189 cm³/mol. The van der Waals surface area contributed by atoms with E-state index >= 15 is 0 Å².